The van der Waals surface area contributed by atoms with Gasteiger partial charge in [-0.15, -0.1) is 24.2 Å². The van der Waals surface area contributed by atoms with Crippen LogP contribution in [0.2, 0.25) is 0 Å². The quantitative estimate of drug-likeness (QED) is 0.382. The Labute approximate surface area is 191 Å². The van der Waals surface area contributed by atoms with Gasteiger partial charge in [0.1, 0.15) is 5.82 Å². The fourth-order valence-electron chi connectivity index (χ4n) is 3.00. The number of thiazole rings is 1. The lowest BCUT2D eigenvalue weighted by Gasteiger charge is -2.24. The van der Waals surface area contributed by atoms with E-state index >= 15 is 0 Å². The molecule has 0 saturated heterocycles. The molecule has 0 saturated carbocycles. The number of nitrogens with zero attached hydrogens (tertiary/aromatic N) is 3. The third-order valence-corrected chi connectivity index (χ3v) is 6.81. The van der Waals surface area contributed by atoms with Crippen molar-refractivity contribution >= 4 is 56.8 Å². The molecule has 8 heteroatoms. The molecular formula is C22H27ClFN3OS2. The molecule has 0 radical (unpaired) electrons. The minimum Gasteiger partial charge on any atom is -0.302 e. The van der Waals surface area contributed by atoms with Gasteiger partial charge >= 0.3 is 0 Å². The smallest absolute Gasteiger partial charge is 0.239 e. The van der Waals surface area contributed by atoms with E-state index in [1.54, 1.807) is 28.4 Å². The van der Waals surface area contributed by atoms with Crippen molar-refractivity contribution in [2.24, 2.45) is 0 Å². The molecule has 0 aliphatic rings. The summed E-state index contributed by atoms with van der Waals surface area (Å²) in [5.41, 5.74) is 2.10. The van der Waals surface area contributed by atoms with Crippen molar-refractivity contribution in [2.45, 2.75) is 25.7 Å². The molecule has 1 aromatic heterocycles. The van der Waals surface area contributed by atoms with Crippen molar-refractivity contribution in [2.75, 3.05) is 36.8 Å². The Kier molecular flexibility index (Phi) is 9.55. The number of likely N-dealkylation sites (N-methyl/N-ethyl adjacent to an activating group) is 1. The van der Waals surface area contributed by atoms with Gasteiger partial charge in [0.05, 0.1) is 16.0 Å². The Morgan fingerprint density at radius 2 is 1.80 bits per heavy atom. The Morgan fingerprint density at radius 1 is 1.10 bits per heavy atom. The molecule has 0 bridgehead atoms. The molecule has 1 heterocycles. The summed E-state index contributed by atoms with van der Waals surface area (Å²) in [6.45, 7) is 9.60. The van der Waals surface area contributed by atoms with E-state index in [-0.39, 0.29) is 24.1 Å². The highest BCUT2D eigenvalue weighted by Crippen LogP contribution is 2.30. The summed E-state index contributed by atoms with van der Waals surface area (Å²) in [5, 5.41) is 0.738. The minimum atomic E-state index is -0.272. The fourth-order valence-corrected chi connectivity index (χ4v) is 4.88. The molecule has 3 rings (SSSR count). The van der Waals surface area contributed by atoms with Crippen molar-refractivity contribution in [3.8, 4) is 0 Å². The van der Waals surface area contributed by atoms with Crippen LogP contribution in [0.25, 0.3) is 10.2 Å². The first-order valence-corrected chi connectivity index (χ1v) is 11.6. The predicted octanol–water partition coefficient (Wildman–Crippen LogP) is 5.63. The SMILES string of the molecule is CCN(CC)CCN(C(=O)CSc1ccc(F)cc1)c1nc2ccc(C)cc2s1.Cl. The van der Waals surface area contributed by atoms with Crippen LogP contribution < -0.4 is 4.90 Å². The first-order valence-electron chi connectivity index (χ1n) is 9.78. The van der Waals surface area contributed by atoms with Gasteiger partial charge in [-0.05, 0) is 62.0 Å². The average molecular weight is 468 g/mol. The van der Waals surface area contributed by atoms with Crippen molar-refractivity contribution in [1.82, 2.24) is 9.88 Å². The number of thioether (sulfide) groups is 1. The molecule has 3 aromatic rings. The highest BCUT2D eigenvalue weighted by Gasteiger charge is 2.20. The molecule has 0 aliphatic carbocycles. The predicted molar refractivity (Wildman–Crippen MR) is 129 cm³/mol. The molecule has 30 heavy (non-hydrogen) atoms. The second kappa shape index (κ2) is 11.6. The maximum atomic E-state index is 13.1. The number of hydrogen-bond donors (Lipinski definition) is 0. The summed E-state index contributed by atoms with van der Waals surface area (Å²) in [4.78, 5) is 22.8. The highest BCUT2D eigenvalue weighted by molar-refractivity contribution is 8.00. The Morgan fingerprint density at radius 3 is 2.47 bits per heavy atom. The lowest BCUT2D eigenvalue weighted by atomic mass is 10.2. The van der Waals surface area contributed by atoms with E-state index in [1.807, 2.05) is 12.1 Å². The van der Waals surface area contributed by atoms with Gasteiger partial charge in [0.15, 0.2) is 5.13 Å². The number of rotatable bonds is 9. The molecule has 162 valence electrons. The van der Waals surface area contributed by atoms with E-state index in [2.05, 4.69) is 31.7 Å². The average Bonchev–Trinajstić information content (AvgIpc) is 3.13. The molecular weight excluding hydrogens is 441 g/mol. The fraction of sp³-hybridized carbons (Fsp3) is 0.364. The Bertz CT molecular complexity index is 961. The van der Waals surface area contributed by atoms with E-state index < -0.39 is 0 Å². The van der Waals surface area contributed by atoms with Crippen molar-refractivity contribution in [1.29, 1.82) is 0 Å². The summed E-state index contributed by atoms with van der Waals surface area (Å²) < 4.78 is 14.2. The number of hydrogen-bond acceptors (Lipinski definition) is 5. The van der Waals surface area contributed by atoms with Crippen LogP contribution in [0.1, 0.15) is 19.4 Å². The summed E-state index contributed by atoms with van der Waals surface area (Å²) >= 11 is 2.98. The molecule has 0 unspecified atom stereocenters. The zero-order valence-electron chi connectivity index (χ0n) is 17.4. The van der Waals surface area contributed by atoms with Crippen LogP contribution in [0.15, 0.2) is 47.4 Å². The standard InChI is InChI=1S/C22H26FN3OS2.ClH/c1-4-25(5-2)12-13-26(21(27)15-28-18-9-7-17(23)8-10-18)22-24-19-11-6-16(3)14-20(19)29-22;/h6-11,14H,4-5,12-13,15H2,1-3H3;1H. The lowest BCUT2D eigenvalue weighted by Crippen LogP contribution is -2.39. The van der Waals surface area contributed by atoms with Crippen LogP contribution in [0.4, 0.5) is 9.52 Å². The second-order valence-corrected chi connectivity index (χ2v) is 8.84. The number of fused-ring (bicyclic) bond motifs is 1. The number of amides is 1. The summed E-state index contributed by atoms with van der Waals surface area (Å²) in [7, 11) is 0. The summed E-state index contributed by atoms with van der Waals surface area (Å²) in [6, 6.07) is 12.4. The maximum Gasteiger partial charge on any atom is 0.239 e. The maximum absolute atomic E-state index is 13.1. The van der Waals surface area contributed by atoms with Gasteiger partial charge in [0.2, 0.25) is 5.91 Å². The molecule has 0 spiro atoms. The number of carbonyl (C=O) groups is 1. The lowest BCUT2D eigenvalue weighted by molar-refractivity contribution is -0.116. The first-order chi connectivity index (χ1) is 14.0. The number of carbonyl (C=O) groups excluding carboxylic acids is 1. The first kappa shape index (κ1) is 24.6. The molecule has 2 aromatic carbocycles. The van der Waals surface area contributed by atoms with E-state index in [9.17, 15) is 9.18 Å². The molecule has 0 fully saturated rings. The number of aromatic nitrogens is 1. The van der Waals surface area contributed by atoms with Crippen LogP contribution in [0.5, 0.6) is 0 Å². The molecule has 0 aliphatic heterocycles. The van der Waals surface area contributed by atoms with E-state index in [1.165, 1.54) is 29.5 Å². The van der Waals surface area contributed by atoms with Crippen LogP contribution in [0, 0.1) is 12.7 Å². The zero-order valence-corrected chi connectivity index (χ0v) is 19.9. The van der Waals surface area contributed by atoms with E-state index in [4.69, 9.17) is 4.98 Å². The van der Waals surface area contributed by atoms with Crippen LogP contribution in [0.3, 0.4) is 0 Å². The van der Waals surface area contributed by atoms with Gasteiger partial charge in [-0.25, -0.2) is 9.37 Å². The molecule has 4 nitrogen and oxygen atoms in total. The molecule has 0 N–H and O–H groups in total. The van der Waals surface area contributed by atoms with Gasteiger partial charge in [0.25, 0.3) is 0 Å². The minimum absolute atomic E-state index is 0. The van der Waals surface area contributed by atoms with Gasteiger partial charge in [0, 0.05) is 18.0 Å². The monoisotopic (exact) mass is 467 g/mol. The van der Waals surface area contributed by atoms with Crippen molar-refractivity contribution in [3.63, 3.8) is 0 Å². The third kappa shape index (κ3) is 6.41. The highest BCUT2D eigenvalue weighted by atomic mass is 35.5. The van der Waals surface area contributed by atoms with Crippen LogP contribution >= 0.6 is 35.5 Å². The Balaban J connectivity index is 0.00000320. The number of halogens is 2. The van der Waals surface area contributed by atoms with Crippen molar-refractivity contribution in [3.05, 3.63) is 53.8 Å². The van der Waals surface area contributed by atoms with Gasteiger partial charge < -0.3 is 4.90 Å². The molecule has 0 atom stereocenters. The zero-order chi connectivity index (χ0) is 20.8. The van der Waals surface area contributed by atoms with Gasteiger partial charge in [-0.1, -0.05) is 31.3 Å². The summed E-state index contributed by atoms with van der Waals surface area (Å²) in [5.74, 6) is 0.0345. The van der Waals surface area contributed by atoms with Crippen LogP contribution in [-0.2, 0) is 4.79 Å². The largest absolute Gasteiger partial charge is 0.302 e. The van der Waals surface area contributed by atoms with E-state index in [0.29, 0.717) is 12.3 Å². The number of benzene rings is 2. The number of aryl methyl sites for hydroxylation is 1. The third-order valence-electron chi connectivity index (χ3n) is 4.77. The van der Waals surface area contributed by atoms with Gasteiger partial charge in [-0.3, -0.25) is 9.69 Å². The Hall–Kier alpha value is -1.67. The van der Waals surface area contributed by atoms with E-state index in [0.717, 1.165) is 39.9 Å². The van der Waals surface area contributed by atoms with Crippen molar-refractivity contribution < 1.29 is 9.18 Å². The van der Waals surface area contributed by atoms with Crippen LogP contribution in [-0.4, -0.2) is 47.7 Å². The topological polar surface area (TPSA) is 36.4 Å². The second-order valence-electron chi connectivity index (χ2n) is 6.78. The van der Waals surface area contributed by atoms with Gasteiger partial charge in [-0.2, -0.15) is 0 Å². The number of anilines is 1. The molecule has 1 amide bonds. The normalized spacial score (nSPS) is 11.0. The summed E-state index contributed by atoms with van der Waals surface area (Å²) in [6.07, 6.45) is 0.